The summed E-state index contributed by atoms with van der Waals surface area (Å²) in [6, 6.07) is 16.8. The lowest BCUT2D eigenvalue weighted by Crippen LogP contribution is -2.36. The van der Waals surface area contributed by atoms with E-state index in [1.807, 2.05) is 18.2 Å². The van der Waals surface area contributed by atoms with Gasteiger partial charge in [-0.25, -0.2) is 9.97 Å². The van der Waals surface area contributed by atoms with Gasteiger partial charge in [0.1, 0.15) is 5.82 Å². The van der Waals surface area contributed by atoms with Gasteiger partial charge in [-0.2, -0.15) is 0 Å². The summed E-state index contributed by atoms with van der Waals surface area (Å²) in [5.74, 6) is 1.03. The molecule has 2 N–H and O–H groups in total. The van der Waals surface area contributed by atoms with Crippen LogP contribution in [-0.2, 0) is 34.3 Å². The molecular formula is C29H31BClN4O2. The summed E-state index contributed by atoms with van der Waals surface area (Å²) >= 11 is 6.47. The molecule has 37 heavy (non-hydrogen) atoms. The van der Waals surface area contributed by atoms with Crippen molar-refractivity contribution in [2.75, 3.05) is 13.1 Å². The van der Waals surface area contributed by atoms with Crippen LogP contribution in [0.4, 0.5) is 0 Å². The fourth-order valence-electron chi connectivity index (χ4n) is 5.49. The Morgan fingerprint density at radius 1 is 1.11 bits per heavy atom. The molecular weight excluding hydrogens is 483 g/mol. The molecule has 1 aliphatic carbocycles. The van der Waals surface area contributed by atoms with Crippen molar-refractivity contribution in [2.24, 2.45) is 5.73 Å². The molecule has 0 spiro atoms. The van der Waals surface area contributed by atoms with Crippen LogP contribution in [0, 0.1) is 0 Å². The number of halogens is 1. The number of hydrogen-bond donors (Lipinski definition) is 1. The lowest BCUT2D eigenvalue weighted by Gasteiger charge is -2.30. The number of primary amides is 1. The highest BCUT2D eigenvalue weighted by molar-refractivity contribution is 6.64. The van der Waals surface area contributed by atoms with Crippen molar-refractivity contribution in [1.29, 1.82) is 0 Å². The molecule has 1 radical (unpaired) electrons. The fourth-order valence-corrected chi connectivity index (χ4v) is 5.68. The molecule has 0 atom stereocenters. The predicted octanol–water partition coefficient (Wildman–Crippen LogP) is 4.01. The number of carbonyl (C=O) groups excluding carboxylic acids is 2. The Balaban J connectivity index is 1.23. The number of carbonyl (C=O) groups is 2. The van der Waals surface area contributed by atoms with E-state index >= 15 is 0 Å². The van der Waals surface area contributed by atoms with Crippen LogP contribution in [0.15, 0.2) is 54.7 Å². The first-order chi connectivity index (χ1) is 18.0. The Labute approximate surface area is 223 Å². The number of aryl methyl sites for hydroxylation is 2. The summed E-state index contributed by atoms with van der Waals surface area (Å²) in [6.45, 7) is 1.83. The summed E-state index contributed by atoms with van der Waals surface area (Å²) in [5, 5.41) is 0.561. The topological polar surface area (TPSA) is 89.2 Å². The number of hydrogen-bond acceptors (Lipinski definition) is 5. The summed E-state index contributed by atoms with van der Waals surface area (Å²) in [6.07, 6.45) is 8.33. The molecule has 2 fully saturated rings. The number of nitrogens with two attached hydrogens (primary N) is 1. The van der Waals surface area contributed by atoms with E-state index in [2.05, 4.69) is 40.1 Å². The van der Waals surface area contributed by atoms with Gasteiger partial charge >= 0.3 is 0 Å². The molecule has 0 bridgehead atoms. The highest BCUT2D eigenvalue weighted by Gasteiger charge is 2.50. The van der Waals surface area contributed by atoms with E-state index in [-0.39, 0.29) is 5.91 Å². The Morgan fingerprint density at radius 3 is 2.51 bits per heavy atom. The number of nitrogens with zero attached hydrogens (tertiary/aromatic N) is 3. The standard InChI is InChI=1S/C29H31BClN4O2/c31-25-18-33-27(17-20-5-7-21(8-6-20)22-11-15-35(16-12-22)30-19-36)34-26(25)10-9-23-3-1-2-4-24(23)29(13-14-29)28(32)37/h1-8,18-19,22H,9-17H2,(H2,32,37). The second kappa shape index (κ2) is 11.2. The van der Waals surface area contributed by atoms with Crippen LogP contribution in [0.3, 0.4) is 0 Å². The lowest BCUT2D eigenvalue weighted by molar-refractivity contribution is -0.120. The predicted molar refractivity (Wildman–Crippen MR) is 146 cm³/mol. The Bertz CT molecular complexity index is 1270. The zero-order valence-corrected chi connectivity index (χ0v) is 21.7. The molecule has 2 aliphatic rings. The van der Waals surface area contributed by atoms with E-state index < -0.39 is 5.41 Å². The van der Waals surface area contributed by atoms with Gasteiger partial charge in [-0.1, -0.05) is 60.1 Å². The maximum Gasteiger partial charge on any atom is 0.293 e. The van der Waals surface area contributed by atoms with E-state index in [0.717, 1.165) is 79.6 Å². The Hall–Kier alpha value is -3.03. The normalized spacial score (nSPS) is 17.3. The minimum atomic E-state index is -0.506. The van der Waals surface area contributed by atoms with Gasteiger partial charge in [-0.3, -0.25) is 4.79 Å². The monoisotopic (exact) mass is 513 g/mol. The van der Waals surface area contributed by atoms with Crippen LogP contribution in [0.2, 0.25) is 5.02 Å². The molecule has 1 aromatic heterocycles. The van der Waals surface area contributed by atoms with Gasteiger partial charge in [0.2, 0.25) is 5.91 Å². The van der Waals surface area contributed by atoms with E-state index in [1.165, 1.54) is 5.56 Å². The average Bonchev–Trinajstić information content (AvgIpc) is 3.73. The highest BCUT2D eigenvalue weighted by Crippen LogP contribution is 2.49. The molecule has 3 aromatic rings. The number of benzene rings is 2. The molecule has 8 heteroatoms. The van der Waals surface area contributed by atoms with Crippen LogP contribution < -0.4 is 5.73 Å². The third kappa shape index (κ3) is 5.78. The van der Waals surface area contributed by atoms with Gasteiger partial charge in [-0.05, 0) is 79.8 Å². The van der Waals surface area contributed by atoms with Crippen LogP contribution >= 0.6 is 11.6 Å². The molecule has 0 unspecified atom stereocenters. The van der Waals surface area contributed by atoms with Crippen LogP contribution in [0.25, 0.3) is 0 Å². The van der Waals surface area contributed by atoms with Gasteiger partial charge in [0.15, 0.2) is 0 Å². The third-order valence-electron chi connectivity index (χ3n) is 7.87. The Morgan fingerprint density at radius 2 is 1.84 bits per heavy atom. The number of amides is 1. The van der Waals surface area contributed by atoms with Crippen molar-refractivity contribution in [3.63, 3.8) is 0 Å². The second-order valence-electron chi connectivity index (χ2n) is 10.2. The van der Waals surface area contributed by atoms with Gasteiger partial charge < -0.3 is 15.3 Å². The van der Waals surface area contributed by atoms with Crippen molar-refractivity contribution < 1.29 is 9.59 Å². The van der Waals surface area contributed by atoms with E-state index in [0.29, 0.717) is 23.8 Å². The molecule has 1 saturated heterocycles. The van der Waals surface area contributed by atoms with Crippen molar-refractivity contribution in [2.45, 2.75) is 56.3 Å². The first kappa shape index (κ1) is 25.6. The van der Waals surface area contributed by atoms with Crippen LogP contribution in [0.5, 0.6) is 0 Å². The van der Waals surface area contributed by atoms with Crippen LogP contribution in [-0.4, -0.2) is 47.4 Å². The van der Waals surface area contributed by atoms with Crippen molar-refractivity contribution >= 4 is 31.1 Å². The van der Waals surface area contributed by atoms with Gasteiger partial charge in [-0.15, -0.1) is 0 Å². The fraction of sp³-hybridized carbons (Fsp3) is 0.379. The third-order valence-corrected chi connectivity index (χ3v) is 8.18. The maximum atomic E-state index is 12.1. The number of aromatic nitrogens is 2. The summed E-state index contributed by atoms with van der Waals surface area (Å²) in [4.78, 5) is 34.2. The second-order valence-corrected chi connectivity index (χ2v) is 10.6. The van der Waals surface area contributed by atoms with Gasteiger partial charge in [0, 0.05) is 12.6 Å². The van der Waals surface area contributed by atoms with E-state index in [9.17, 15) is 9.59 Å². The number of rotatable bonds is 10. The van der Waals surface area contributed by atoms with Crippen LogP contribution in [0.1, 0.15) is 65.4 Å². The van der Waals surface area contributed by atoms with Gasteiger partial charge in [0.05, 0.1) is 22.3 Å². The minimum absolute atomic E-state index is 0.241. The zero-order chi connectivity index (χ0) is 25.8. The quantitative estimate of drug-likeness (QED) is 0.327. The number of piperidine rings is 1. The molecule has 6 nitrogen and oxygen atoms in total. The molecule has 2 aromatic carbocycles. The molecule has 1 saturated carbocycles. The van der Waals surface area contributed by atoms with Crippen molar-refractivity contribution in [3.05, 3.63) is 93.5 Å². The minimum Gasteiger partial charge on any atom is -0.369 e. The summed E-state index contributed by atoms with van der Waals surface area (Å²) in [7, 11) is 1.64. The van der Waals surface area contributed by atoms with Crippen molar-refractivity contribution in [1.82, 2.24) is 14.8 Å². The molecule has 5 rings (SSSR count). The first-order valence-corrected chi connectivity index (χ1v) is 13.4. The van der Waals surface area contributed by atoms with E-state index in [1.54, 1.807) is 13.6 Å². The summed E-state index contributed by atoms with van der Waals surface area (Å²) in [5.41, 5.74) is 10.7. The molecule has 1 amide bonds. The summed E-state index contributed by atoms with van der Waals surface area (Å²) < 4.78 is 0. The lowest BCUT2D eigenvalue weighted by atomic mass is 9.84. The first-order valence-electron chi connectivity index (χ1n) is 13.0. The average molecular weight is 514 g/mol. The highest BCUT2D eigenvalue weighted by atomic mass is 35.5. The largest absolute Gasteiger partial charge is 0.369 e. The smallest absolute Gasteiger partial charge is 0.293 e. The Kier molecular flexibility index (Phi) is 7.72. The van der Waals surface area contributed by atoms with E-state index in [4.69, 9.17) is 22.3 Å². The maximum absolute atomic E-state index is 12.1. The molecule has 1 aliphatic heterocycles. The molecule has 189 valence electrons. The van der Waals surface area contributed by atoms with Crippen molar-refractivity contribution in [3.8, 4) is 0 Å². The molecule has 2 heterocycles. The SMILES string of the molecule is NC(=O)C1(c2ccccc2CCc2nc(Cc3ccc(C4CCN([B]C=O)CC4)cc3)ncc2Cl)CC1. The zero-order valence-electron chi connectivity index (χ0n) is 20.9. The van der Waals surface area contributed by atoms with Gasteiger partial charge in [0.25, 0.3) is 7.41 Å².